The molecule has 1 saturated heterocycles. The molecule has 2 aliphatic rings. The van der Waals surface area contributed by atoms with Gasteiger partial charge in [0.2, 0.25) is 15.9 Å². The molecular weight excluding hydrogens is 528 g/mol. The molecule has 0 radical (unpaired) electrons. The molecule has 2 aromatic rings. The van der Waals surface area contributed by atoms with Gasteiger partial charge in [-0.3, -0.25) is 4.79 Å². The van der Waals surface area contributed by atoms with Crippen LogP contribution in [0.1, 0.15) is 24.0 Å². The molecule has 1 fully saturated rings. The Morgan fingerprint density at radius 3 is 2.46 bits per heavy atom. The molecule has 0 aliphatic carbocycles. The number of rotatable bonds is 8. The first kappa shape index (κ1) is 26.1. The molecule has 1 spiro atoms. The highest BCUT2D eigenvalue weighted by molar-refractivity contribution is 8.41. The van der Waals surface area contributed by atoms with Crippen molar-refractivity contribution in [2.45, 2.75) is 24.8 Å². The lowest BCUT2D eigenvalue weighted by atomic mass is 10.1. The maximum Gasteiger partial charge on any atom is 0.442 e. The van der Waals surface area contributed by atoms with Crippen molar-refractivity contribution in [2.24, 2.45) is 21.0 Å². The van der Waals surface area contributed by atoms with Crippen molar-refractivity contribution >= 4 is 55.7 Å². The quantitative estimate of drug-likeness (QED) is 0.135. The predicted octanol–water partition coefficient (Wildman–Crippen LogP) is 0.412. The van der Waals surface area contributed by atoms with Crippen molar-refractivity contribution < 1.29 is 35.6 Å². The fraction of sp³-hybridized carbons (Fsp3) is 0.190. The van der Waals surface area contributed by atoms with Crippen molar-refractivity contribution in [3.63, 3.8) is 0 Å². The predicted molar refractivity (Wildman–Crippen MR) is 132 cm³/mol. The number of nitrogens with zero attached hydrogens (tertiary/aromatic N) is 3. The van der Waals surface area contributed by atoms with Crippen LogP contribution >= 0.6 is 10.6 Å². The van der Waals surface area contributed by atoms with E-state index in [2.05, 4.69) is 15.3 Å². The van der Waals surface area contributed by atoms with E-state index in [1.165, 1.54) is 35.8 Å². The van der Waals surface area contributed by atoms with Crippen LogP contribution in [-0.2, 0) is 45.7 Å². The first-order valence-electron chi connectivity index (χ1n) is 10.6. The molecule has 16 heteroatoms. The van der Waals surface area contributed by atoms with Crippen molar-refractivity contribution in [1.29, 1.82) is 0 Å². The third-order valence-electron chi connectivity index (χ3n) is 4.96. The normalized spacial score (nSPS) is 17.4. The van der Waals surface area contributed by atoms with E-state index in [9.17, 15) is 22.8 Å². The largest absolute Gasteiger partial charge is 0.458 e. The summed E-state index contributed by atoms with van der Waals surface area (Å²) in [5.74, 6) is 4.14. The maximum absolute atomic E-state index is 11.8. The number of hydrogen-bond donors (Lipinski definition) is 3. The van der Waals surface area contributed by atoms with E-state index in [-0.39, 0.29) is 40.5 Å². The molecule has 14 nitrogen and oxygen atoms in total. The number of primary sulfonamides is 1. The molecule has 0 atom stereocenters. The van der Waals surface area contributed by atoms with Crippen LogP contribution < -0.4 is 16.3 Å². The Labute approximate surface area is 212 Å². The van der Waals surface area contributed by atoms with E-state index in [0.29, 0.717) is 12.2 Å². The minimum atomic E-state index is -3.78. The van der Waals surface area contributed by atoms with Crippen LogP contribution in [0.5, 0.6) is 0 Å². The summed E-state index contributed by atoms with van der Waals surface area (Å²) in [6, 6.07) is 9.25. The van der Waals surface area contributed by atoms with Gasteiger partial charge in [-0.15, -0.1) is 0 Å². The number of sulfonamides is 1. The Balaban J connectivity index is 1.47. The highest BCUT2D eigenvalue weighted by atomic mass is 32.3. The number of furan rings is 1. The highest BCUT2D eigenvalue weighted by Crippen LogP contribution is 2.62. The van der Waals surface area contributed by atoms with E-state index < -0.39 is 32.6 Å². The van der Waals surface area contributed by atoms with Gasteiger partial charge in [0.05, 0.1) is 16.8 Å². The Morgan fingerprint density at radius 2 is 1.84 bits per heavy atom. The van der Waals surface area contributed by atoms with Crippen LogP contribution in [-0.4, -0.2) is 49.3 Å². The lowest BCUT2D eigenvalue weighted by Crippen LogP contribution is -2.32. The fourth-order valence-electron chi connectivity index (χ4n) is 3.15. The summed E-state index contributed by atoms with van der Waals surface area (Å²) in [4.78, 5) is 43.2. The number of nitrogens with one attached hydrogen (secondary N) is 1. The third kappa shape index (κ3) is 6.05. The molecule has 196 valence electrons. The van der Waals surface area contributed by atoms with E-state index in [1.807, 2.05) is 0 Å². The van der Waals surface area contributed by atoms with E-state index in [1.54, 1.807) is 24.3 Å². The molecule has 5 N–H and O–H groups in total. The standard InChI is InChI=1S/C21H22N6O8S2/c1-13(28)24-10-15-4-7-18(33-15)17-11-36(34-19(29)20(30)35-36)21(26-17)25-12-27(22)9-8-14-2-5-16(6-3-14)37(23,31)32/h2-7,11-12H,8-10,22H2,1H3,(H,24,28)(H2,23,31,32)/b25-12+. The number of benzene rings is 1. The van der Waals surface area contributed by atoms with Crippen LogP contribution in [0.4, 0.5) is 0 Å². The Bertz CT molecular complexity index is 1430. The number of nitrogens with two attached hydrogens (primary N) is 2. The summed E-state index contributed by atoms with van der Waals surface area (Å²) >= 11 is 0. The van der Waals surface area contributed by atoms with Gasteiger partial charge < -0.3 is 23.1 Å². The van der Waals surface area contributed by atoms with Gasteiger partial charge in [-0.05, 0) is 46.8 Å². The van der Waals surface area contributed by atoms with Crippen molar-refractivity contribution in [2.75, 3.05) is 6.54 Å². The molecule has 1 aromatic carbocycles. The van der Waals surface area contributed by atoms with E-state index >= 15 is 0 Å². The molecule has 4 rings (SSSR count). The molecule has 37 heavy (non-hydrogen) atoms. The molecule has 1 aromatic heterocycles. The Morgan fingerprint density at radius 1 is 1.16 bits per heavy atom. The van der Waals surface area contributed by atoms with Gasteiger partial charge in [0, 0.05) is 13.5 Å². The second kappa shape index (κ2) is 10.2. The van der Waals surface area contributed by atoms with Gasteiger partial charge in [0.25, 0.3) is 5.17 Å². The second-order valence-corrected chi connectivity index (χ2v) is 11.4. The number of amidine groups is 1. The van der Waals surface area contributed by atoms with Crippen LogP contribution in [0.15, 0.2) is 61.1 Å². The lowest BCUT2D eigenvalue weighted by molar-refractivity contribution is -0.150. The average Bonchev–Trinajstić information content (AvgIpc) is 3.52. The Hall–Kier alpha value is -3.99. The minimum Gasteiger partial charge on any atom is -0.458 e. The average molecular weight is 551 g/mol. The third-order valence-corrected chi connectivity index (χ3v) is 7.92. The number of amides is 1. The summed E-state index contributed by atoms with van der Waals surface area (Å²) in [5, 5.41) is 10.2. The molecule has 0 unspecified atom stereocenters. The van der Waals surface area contributed by atoms with E-state index in [4.69, 9.17) is 23.8 Å². The zero-order chi connectivity index (χ0) is 26.8. The second-order valence-electron chi connectivity index (χ2n) is 7.78. The number of carbonyl (C=O) groups excluding carboxylic acids is 3. The topological polar surface area (TPSA) is 209 Å². The van der Waals surface area contributed by atoms with Crippen molar-refractivity contribution in [3.05, 3.63) is 58.9 Å². The molecule has 2 aliphatic heterocycles. The minimum absolute atomic E-state index is 0.00214. The monoisotopic (exact) mass is 550 g/mol. The molecule has 0 bridgehead atoms. The van der Waals surface area contributed by atoms with Crippen LogP contribution in [0.3, 0.4) is 0 Å². The SMILES string of the molecule is CC(=O)NCc1ccc(C2=CS3(OC(=O)C(=O)O3)C(/N=C/N(N)CCc3ccc(S(N)(=O)=O)cc3)=N2)o1. The zero-order valence-electron chi connectivity index (χ0n) is 19.3. The van der Waals surface area contributed by atoms with Crippen LogP contribution in [0.2, 0.25) is 0 Å². The molecule has 3 heterocycles. The molecule has 1 amide bonds. The maximum atomic E-state index is 11.8. The molecular formula is C21H22N6O8S2. The first-order chi connectivity index (χ1) is 17.4. The van der Waals surface area contributed by atoms with Gasteiger partial charge in [-0.2, -0.15) is 0 Å². The van der Waals surface area contributed by atoms with Gasteiger partial charge in [-0.1, -0.05) is 12.1 Å². The number of hydrazine groups is 1. The zero-order valence-corrected chi connectivity index (χ0v) is 21.0. The van der Waals surface area contributed by atoms with Gasteiger partial charge in [0.1, 0.15) is 17.8 Å². The van der Waals surface area contributed by atoms with Crippen LogP contribution in [0.25, 0.3) is 5.70 Å². The lowest BCUT2D eigenvalue weighted by Gasteiger charge is -2.26. The number of aliphatic imine (C=N–C) groups is 2. The van der Waals surface area contributed by atoms with Crippen LogP contribution in [0, 0.1) is 0 Å². The van der Waals surface area contributed by atoms with Gasteiger partial charge in [0.15, 0.2) is 5.76 Å². The van der Waals surface area contributed by atoms with Crippen molar-refractivity contribution in [3.8, 4) is 0 Å². The van der Waals surface area contributed by atoms with E-state index in [0.717, 1.165) is 5.56 Å². The number of hydrogen-bond acceptors (Lipinski definition) is 11. The summed E-state index contributed by atoms with van der Waals surface area (Å²) in [5.41, 5.74) is 1.02. The summed E-state index contributed by atoms with van der Waals surface area (Å²) in [6.45, 7) is 1.81. The molecule has 0 saturated carbocycles. The summed E-state index contributed by atoms with van der Waals surface area (Å²) in [7, 11) is -6.83. The number of carbonyl (C=O) groups is 3. The Kier molecular flexibility index (Phi) is 7.17. The smallest absolute Gasteiger partial charge is 0.442 e. The van der Waals surface area contributed by atoms with Gasteiger partial charge in [-0.25, -0.2) is 39.0 Å². The summed E-state index contributed by atoms with van der Waals surface area (Å²) < 4.78 is 38.8. The fourth-order valence-corrected chi connectivity index (χ4v) is 5.52. The van der Waals surface area contributed by atoms with Crippen molar-refractivity contribution in [1.82, 2.24) is 10.3 Å². The summed E-state index contributed by atoms with van der Waals surface area (Å²) in [6.07, 6.45) is 1.67. The van der Waals surface area contributed by atoms with Gasteiger partial charge >= 0.3 is 11.9 Å². The highest BCUT2D eigenvalue weighted by Gasteiger charge is 2.48. The first-order valence-corrected chi connectivity index (χ1v) is 13.7.